The second-order valence-electron chi connectivity index (χ2n) is 7.85. The number of benzene rings is 3. The molecule has 2 aromatic heterocycles. The van der Waals surface area contributed by atoms with Gasteiger partial charge in [-0.05, 0) is 42.5 Å². The van der Waals surface area contributed by atoms with Crippen LogP contribution in [0.5, 0.6) is 11.6 Å². The summed E-state index contributed by atoms with van der Waals surface area (Å²) in [6.07, 6.45) is 1.85. The first-order chi connectivity index (χ1) is 16.1. The van der Waals surface area contributed by atoms with Crippen molar-refractivity contribution in [3.63, 3.8) is 0 Å². The van der Waals surface area contributed by atoms with Crippen molar-refractivity contribution in [2.24, 2.45) is 4.99 Å². The molecular formula is C27H18FN3O2. The lowest BCUT2D eigenvalue weighted by molar-refractivity contribution is 0.387. The van der Waals surface area contributed by atoms with Gasteiger partial charge in [-0.15, -0.1) is 0 Å². The van der Waals surface area contributed by atoms with Crippen LogP contribution in [0.15, 0.2) is 77.8 Å². The minimum Gasteiger partial charge on any atom is -0.494 e. The van der Waals surface area contributed by atoms with Gasteiger partial charge in [0.25, 0.3) is 0 Å². The number of H-pyrrole nitrogens is 1. The first kappa shape index (κ1) is 19.3. The van der Waals surface area contributed by atoms with E-state index < -0.39 is 5.82 Å². The fourth-order valence-electron chi connectivity index (χ4n) is 4.32. The van der Waals surface area contributed by atoms with E-state index in [1.54, 1.807) is 12.1 Å². The standard InChI is InChI=1S/C27H18FN3O2/c1-33-24-12-15(10-11-21(24)28)25-26-19(17-6-2-4-8-22(17)30-26)13-16(29-25)14-20-18-7-3-5-9-23(18)31-27(20)32/h2-14,31-32H,1H3/b16-14-. The first-order valence-electron chi connectivity index (χ1n) is 10.5. The Morgan fingerprint density at radius 3 is 2.67 bits per heavy atom. The molecule has 6 rings (SSSR count). The van der Waals surface area contributed by atoms with E-state index in [0.29, 0.717) is 22.2 Å². The predicted octanol–water partition coefficient (Wildman–Crippen LogP) is 4.84. The summed E-state index contributed by atoms with van der Waals surface area (Å²) in [6.45, 7) is 0. The number of fused-ring (bicyclic) bond motifs is 4. The Morgan fingerprint density at radius 1 is 0.970 bits per heavy atom. The van der Waals surface area contributed by atoms with Gasteiger partial charge in [-0.3, -0.25) is 0 Å². The number of aromatic hydroxyl groups is 1. The van der Waals surface area contributed by atoms with Crippen LogP contribution in [0.4, 0.5) is 10.1 Å². The minimum absolute atomic E-state index is 0.0774. The highest BCUT2D eigenvalue weighted by Gasteiger charge is 2.19. The zero-order valence-corrected chi connectivity index (χ0v) is 17.6. The second-order valence-corrected chi connectivity index (χ2v) is 7.85. The number of aromatic amines is 1. The molecule has 1 aliphatic rings. The third kappa shape index (κ3) is 3.07. The van der Waals surface area contributed by atoms with Crippen LogP contribution < -0.4 is 15.4 Å². The van der Waals surface area contributed by atoms with Crippen LogP contribution in [-0.2, 0) is 0 Å². The lowest BCUT2D eigenvalue weighted by Crippen LogP contribution is -2.19. The van der Waals surface area contributed by atoms with Gasteiger partial charge in [0.05, 0.1) is 29.2 Å². The molecule has 0 unspecified atom stereocenters. The number of nitrogens with one attached hydrogen (secondary N) is 1. The Balaban J connectivity index is 1.66. The van der Waals surface area contributed by atoms with Gasteiger partial charge in [0.1, 0.15) is 0 Å². The van der Waals surface area contributed by atoms with Crippen molar-refractivity contribution in [2.75, 3.05) is 7.11 Å². The number of hydrogen-bond donors (Lipinski definition) is 2. The number of para-hydroxylation sites is 2. The largest absolute Gasteiger partial charge is 0.494 e. The van der Waals surface area contributed by atoms with Crippen LogP contribution in [0.3, 0.4) is 0 Å². The highest BCUT2D eigenvalue weighted by atomic mass is 19.1. The summed E-state index contributed by atoms with van der Waals surface area (Å²) in [5.74, 6) is -0.222. The first-order valence-corrected chi connectivity index (χ1v) is 10.5. The smallest absolute Gasteiger partial charge is 0.196 e. The van der Waals surface area contributed by atoms with Crippen molar-refractivity contribution in [3.8, 4) is 34.0 Å². The number of nitrogens with zero attached hydrogens (tertiary/aromatic N) is 2. The topological polar surface area (TPSA) is 70.5 Å². The lowest BCUT2D eigenvalue weighted by Gasteiger charge is -2.07. The summed E-state index contributed by atoms with van der Waals surface area (Å²) in [7, 11) is 1.43. The van der Waals surface area contributed by atoms with E-state index in [0.717, 1.165) is 33.1 Å². The Morgan fingerprint density at radius 2 is 1.79 bits per heavy atom. The normalized spacial score (nSPS) is 12.5. The minimum atomic E-state index is -0.440. The maximum atomic E-state index is 14.1. The number of methoxy groups -OCH3 is 1. The van der Waals surface area contributed by atoms with Crippen LogP contribution >= 0.6 is 0 Å². The fourth-order valence-corrected chi connectivity index (χ4v) is 4.32. The van der Waals surface area contributed by atoms with E-state index in [9.17, 15) is 9.50 Å². The van der Waals surface area contributed by atoms with E-state index >= 15 is 0 Å². The molecule has 5 aromatic rings. The molecule has 0 amide bonds. The zero-order valence-electron chi connectivity index (χ0n) is 17.6. The number of halogens is 1. The van der Waals surface area contributed by atoms with E-state index in [2.05, 4.69) is 4.98 Å². The van der Waals surface area contributed by atoms with E-state index in [1.165, 1.54) is 13.2 Å². The molecule has 0 atom stereocenters. The number of aromatic nitrogens is 2. The molecule has 33 heavy (non-hydrogen) atoms. The Hall–Kier alpha value is -4.45. The van der Waals surface area contributed by atoms with Gasteiger partial charge >= 0.3 is 0 Å². The number of rotatable bonds is 3. The lowest BCUT2D eigenvalue weighted by atomic mass is 10.0. The maximum absolute atomic E-state index is 14.1. The number of pyridine rings is 1. The fraction of sp³-hybridized carbons (Fsp3) is 0.0370. The maximum Gasteiger partial charge on any atom is 0.196 e. The number of ether oxygens (including phenoxy) is 1. The van der Waals surface area contributed by atoms with Crippen molar-refractivity contribution < 1.29 is 14.2 Å². The molecule has 3 aromatic carbocycles. The molecule has 0 saturated carbocycles. The van der Waals surface area contributed by atoms with Crippen molar-refractivity contribution in [3.05, 3.63) is 94.9 Å². The second kappa shape index (κ2) is 7.31. The van der Waals surface area contributed by atoms with E-state index in [-0.39, 0.29) is 11.6 Å². The molecule has 5 nitrogen and oxygen atoms in total. The van der Waals surface area contributed by atoms with Gasteiger partial charge in [-0.1, -0.05) is 36.4 Å². The van der Waals surface area contributed by atoms with Gasteiger partial charge in [0, 0.05) is 33.2 Å². The van der Waals surface area contributed by atoms with Gasteiger partial charge in [0.2, 0.25) is 0 Å². The quantitative estimate of drug-likeness (QED) is 0.418. The Bertz CT molecular complexity index is 1690. The third-order valence-electron chi connectivity index (χ3n) is 5.88. The summed E-state index contributed by atoms with van der Waals surface area (Å²) < 4.78 is 19.3. The van der Waals surface area contributed by atoms with Crippen molar-refractivity contribution in [1.82, 2.24) is 9.97 Å². The molecule has 6 heteroatoms. The molecule has 0 aliphatic carbocycles. The van der Waals surface area contributed by atoms with E-state index in [4.69, 9.17) is 14.7 Å². The Labute approximate surface area is 188 Å². The highest BCUT2D eigenvalue weighted by Crippen LogP contribution is 2.34. The molecule has 0 radical (unpaired) electrons. The average molecular weight is 435 g/mol. The summed E-state index contributed by atoms with van der Waals surface area (Å²) >= 11 is 0. The predicted molar refractivity (Wildman–Crippen MR) is 126 cm³/mol. The van der Waals surface area contributed by atoms with Gasteiger partial charge in [-0.2, -0.15) is 0 Å². The van der Waals surface area contributed by atoms with Crippen molar-refractivity contribution in [1.29, 1.82) is 0 Å². The van der Waals surface area contributed by atoms with Crippen LogP contribution in [0.25, 0.3) is 39.4 Å². The average Bonchev–Trinajstić information content (AvgIpc) is 3.36. The summed E-state index contributed by atoms with van der Waals surface area (Å²) in [4.78, 5) is 12.7. The molecule has 2 N–H and O–H groups in total. The molecule has 0 spiro atoms. The monoisotopic (exact) mass is 435 g/mol. The van der Waals surface area contributed by atoms with Gasteiger partial charge in [-0.25, -0.2) is 14.4 Å². The molecule has 0 bridgehead atoms. The third-order valence-corrected chi connectivity index (χ3v) is 5.88. The Kier molecular flexibility index (Phi) is 4.26. The molecule has 0 saturated heterocycles. The van der Waals surface area contributed by atoms with Crippen LogP contribution in [0.1, 0.15) is 5.56 Å². The highest BCUT2D eigenvalue weighted by molar-refractivity contribution is 5.92. The molecule has 1 aliphatic heterocycles. The van der Waals surface area contributed by atoms with Gasteiger partial charge < -0.3 is 14.8 Å². The summed E-state index contributed by atoms with van der Waals surface area (Å²) in [5, 5.41) is 12.8. The molecule has 3 heterocycles. The van der Waals surface area contributed by atoms with Crippen LogP contribution in [0, 0.1) is 5.82 Å². The van der Waals surface area contributed by atoms with Gasteiger partial charge in [0.15, 0.2) is 17.4 Å². The molecule has 160 valence electrons. The summed E-state index contributed by atoms with van der Waals surface area (Å²) in [6, 6.07) is 22.2. The zero-order chi connectivity index (χ0) is 22.5. The molecular weight excluding hydrogens is 417 g/mol. The van der Waals surface area contributed by atoms with Crippen LogP contribution in [-0.4, -0.2) is 22.2 Å². The van der Waals surface area contributed by atoms with Crippen molar-refractivity contribution >= 4 is 22.7 Å². The number of hydrogen-bond acceptors (Lipinski definition) is 4. The SMILES string of the molecule is COc1cc(-c2n/c(=C\c3c(O)[nH]c4ccccc34)cc3c2=Nc2ccccc2-3)ccc1F. The molecule has 0 fully saturated rings. The van der Waals surface area contributed by atoms with Crippen LogP contribution in [0.2, 0.25) is 0 Å². The van der Waals surface area contributed by atoms with E-state index in [1.807, 2.05) is 60.7 Å². The summed E-state index contributed by atoms with van der Waals surface area (Å²) in [5.41, 5.74) is 5.60. The van der Waals surface area contributed by atoms with Crippen molar-refractivity contribution in [2.45, 2.75) is 0 Å².